The molecule has 0 saturated heterocycles. The molecule has 4 nitrogen and oxygen atoms in total. The first kappa shape index (κ1) is 21.9. The molecule has 1 aromatic carbocycles. The number of nitrogens with two attached hydrogens (primary N) is 1. The van der Waals surface area contributed by atoms with Crippen LogP contribution in [0.25, 0.3) is 0 Å². The van der Waals surface area contributed by atoms with Crippen molar-refractivity contribution >= 4 is 5.97 Å². The van der Waals surface area contributed by atoms with Gasteiger partial charge in [-0.3, -0.25) is 4.79 Å². The Morgan fingerprint density at radius 1 is 1.26 bits per heavy atom. The summed E-state index contributed by atoms with van der Waals surface area (Å²) in [5.74, 6) is 1.52. The monoisotopic (exact) mass is 374 g/mol. The van der Waals surface area contributed by atoms with Crippen molar-refractivity contribution in [3.05, 3.63) is 29.8 Å². The summed E-state index contributed by atoms with van der Waals surface area (Å²) in [5, 5.41) is 0. The fourth-order valence-electron chi connectivity index (χ4n) is 4.71. The Morgan fingerprint density at radius 2 is 1.96 bits per heavy atom. The van der Waals surface area contributed by atoms with Crippen molar-refractivity contribution in [3.8, 4) is 5.75 Å². The van der Waals surface area contributed by atoms with Gasteiger partial charge < -0.3 is 15.4 Å². The molecule has 2 unspecified atom stereocenters. The standard InChI is InChI=1S/C23H38N2O2/c1-5-21(18(2)16-25(3)4)19-10-9-11-20(14-19)27-22(26)15-23(17-24)12-7-6-8-13-23/h9-11,14,18,21H,5-8,12-13,15-17,24H2,1-4H3. The van der Waals surface area contributed by atoms with Crippen molar-refractivity contribution < 1.29 is 9.53 Å². The summed E-state index contributed by atoms with van der Waals surface area (Å²) in [4.78, 5) is 14.8. The molecule has 2 N–H and O–H groups in total. The molecule has 0 spiro atoms. The minimum absolute atomic E-state index is 0.0564. The second-order valence-electron chi connectivity index (χ2n) is 8.74. The molecular formula is C23H38N2O2. The van der Waals surface area contributed by atoms with Crippen LogP contribution in [0.2, 0.25) is 0 Å². The second-order valence-corrected chi connectivity index (χ2v) is 8.74. The van der Waals surface area contributed by atoms with Gasteiger partial charge in [0.1, 0.15) is 5.75 Å². The molecule has 0 aromatic heterocycles. The first-order valence-electron chi connectivity index (χ1n) is 10.5. The first-order chi connectivity index (χ1) is 12.9. The van der Waals surface area contributed by atoms with Crippen LogP contribution in [-0.4, -0.2) is 38.1 Å². The van der Waals surface area contributed by atoms with Crippen molar-refractivity contribution in [3.63, 3.8) is 0 Å². The number of carbonyl (C=O) groups is 1. The van der Waals surface area contributed by atoms with Gasteiger partial charge in [-0.25, -0.2) is 0 Å². The molecule has 1 aliphatic carbocycles. The number of carbonyl (C=O) groups excluding carboxylic acids is 1. The lowest BCUT2D eigenvalue weighted by Gasteiger charge is -2.35. The lowest BCUT2D eigenvalue weighted by atomic mass is 9.72. The Hall–Kier alpha value is -1.39. The largest absolute Gasteiger partial charge is 0.427 e. The zero-order valence-electron chi connectivity index (χ0n) is 17.7. The minimum Gasteiger partial charge on any atom is -0.427 e. The summed E-state index contributed by atoms with van der Waals surface area (Å²) >= 11 is 0. The van der Waals surface area contributed by atoms with Gasteiger partial charge >= 0.3 is 5.97 Å². The fourth-order valence-corrected chi connectivity index (χ4v) is 4.71. The third-order valence-electron chi connectivity index (χ3n) is 6.16. The maximum atomic E-state index is 12.6. The normalized spacial score (nSPS) is 18.9. The summed E-state index contributed by atoms with van der Waals surface area (Å²) in [5.41, 5.74) is 7.22. The Morgan fingerprint density at radius 3 is 2.56 bits per heavy atom. The van der Waals surface area contributed by atoms with E-state index >= 15 is 0 Å². The summed E-state index contributed by atoms with van der Waals surface area (Å²) in [7, 11) is 4.22. The highest BCUT2D eigenvalue weighted by molar-refractivity contribution is 5.73. The van der Waals surface area contributed by atoms with E-state index in [0.29, 0.717) is 30.6 Å². The molecule has 4 heteroatoms. The third-order valence-corrected chi connectivity index (χ3v) is 6.16. The van der Waals surface area contributed by atoms with Crippen LogP contribution < -0.4 is 10.5 Å². The van der Waals surface area contributed by atoms with E-state index in [1.807, 2.05) is 18.2 Å². The second kappa shape index (κ2) is 10.2. The van der Waals surface area contributed by atoms with E-state index in [4.69, 9.17) is 10.5 Å². The number of hydrogen-bond donors (Lipinski definition) is 1. The van der Waals surface area contributed by atoms with E-state index in [-0.39, 0.29) is 11.4 Å². The van der Waals surface area contributed by atoms with Crippen molar-refractivity contribution in [2.45, 2.75) is 64.7 Å². The van der Waals surface area contributed by atoms with Crippen LogP contribution in [-0.2, 0) is 4.79 Å². The lowest BCUT2D eigenvalue weighted by molar-refractivity contribution is -0.137. The van der Waals surface area contributed by atoms with Crippen LogP contribution in [0.4, 0.5) is 0 Å². The summed E-state index contributed by atoms with van der Waals surface area (Å²) in [6, 6.07) is 8.09. The van der Waals surface area contributed by atoms with Crippen molar-refractivity contribution in [1.29, 1.82) is 0 Å². The van der Waals surface area contributed by atoms with Crippen molar-refractivity contribution in [1.82, 2.24) is 4.90 Å². The molecule has 0 amide bonds. The Bertz CT molecular complexity index is 594. The van der Waals surface area contributed by atoms with E-state index < -0.39 is 0 Å². The Balaban J connectivity index is 2.04. The molecular weight excluding hydrogens is 336 g/mol. The molecule has 2 rings (SSSR count). The van der Waals surface area contributed by atoms with E-state index in [0.717, 1.165) is 25.8 Å². The highest BCUT2D eigenvalue weighted by Crippen LogP contribution is 2.39. The number of benzene rings is 1. The van der Waals surface area contributed by atoms with E-state index in [1.165, 1.54) is 24.8 Å². The summed E-state index contributed by atoms with van der Waals surface area (Å²) in [6.45, 7) is 6.13. The quantitative estimate of drug-likeness (QED) is 0.508. The summed E-state index contributed by atoms with van der Waals surface area (Å²) in [6.07, 6.45) is 7.17. The maximum absolute atomic E-state index is 12.6. The molecule has 2 atom stereocenters. The molecule has 27 heavy (non-hydrogen) atoms. The fraction of sp³-hybridized carbons (Fsp3) is 0.696. The highest BCUT2D eigenvalue weighted by Gasteiger charge is 2.33. The molecule has 1 aromatic rings. The molecule has 1 saturated carbocycles. The average Bonchev–Trinajstić information content (AvgIpc) is 2.62. The van der Waals surface area contributed by atoms with Crippen molar-refractivity contribution in [2.24, 2.45) is 17.1 Å². The van der Waals surface area contributed by atoms with Gasteiger partial charge in [-0.1, -0.05) is 45.2 Å². The first-order valence-corrected chi connectivity index (χ1v) is 10.5. The van der Waals surface area contributed by atoms with Gasteiger partial charge in [0.15, 0.2) is 0 Å². The number of ether oxygens (including phenoxy) is 1. The van der Waals surface area contributed by atoms with Crippen LogP contribution in [0.3, 0.4) is 0 Å². The van der Waals surface area contributed by atoms with E-state index in [1.54, 1.807) is 0 Å². The van der Waals surface area contributed by atoms with Gasteiger partial charge in [-0.2, -0.15) is 0 Å². The van der Waals surface area contributed by atoms with Gasteiger partial charge in [0.25, 0.3) is 0 Å². The SMILES string of the molecule is CCC(c1cccc(OC(=O)CC2(CN)CCCCC2)c1)C(C)CN(C)C. The summed E-state index contributed by atoms with van der Waals surface area (Å²) < 4.78 is 5.74. The van der Waals surface area contributed by atoms with Gasteiger partial charge in [-0.15, -0.1) is 0 Å². The zero-order valence-corrected chi connectivity index (χ0v) is 17.7. The van der Waals surface area contributed by atoms with Gasteiger partial charge in [0.2, 0.25) is 0 Å². The molecule has 0 radical (unpaired) electrons. The molecule has 0 heterocycles. The average molecular weight is 375 g/mol. The van der Waals surface area contributed by atoms with E-state index in [9.17, 15) is 4.79 Å². The zero-order chi connectivity index (χ0) is 19.9. The number of rotatable bonds is 9. The smallest absolute Gasteiger partial charge is 0.311 e. The van der Waals surface area contributed by atoms with Crippen LogP contribution in [0.1, 0.15) is 70.3 Å². The maximum Gasteiger partial charge on any atom is 0.311 e. The third kappa shape index (κ3) is 6.32. The Kier molecular flexibility index (Phi) is 8.30. The molecule has 0 aliphatic heterocycles. The number of hydrogen-bond acceptors (Lipinski definition) is 4. The van der Waals surface area contributed by atoms with Gasteiger partial charge in [0, 0.05) is 6.54 Å². The van der Waals surface area contributed by atoms with Crippen molar-refractivity contribution in [2.75, 3.05) is 27.2 Å². The topological polar surface area (TPSA) is 55.6 Å². The van der Waals surface area contributed by atoms with Gasteiger partial charge in [-0.05, 0) is 74.8 Å². The van der Waals surface area contributed by atoms with Crippen LogP contribution in [0.15, 0.2) is 24.3 Å². The predicted octanol–water partition coefficient (Wildman–Crippen LogP) is 4.58. The predicted molar refractivity (Wildman–Crippen MR) is 112 cm³/mol. The highest BCUT2D eigenvalue weighted by atomic mass is 16.5. The lowest BCUT2D eigenvalue weighted by Crippen LogP contribution is -2.36. The van der Waals surface area contributed by atoms with E-state index in [2.05, 4.69) is 38.9 Å². The molecule has 1 fully saturated rings. The number of nitrogens with zero attached hydrogens (tertiary/aromatic N) is 1. The minimum atomic E-state index is -0.145. The van der Waals surface area contributed by atoms with Crippen LogP contribution in [0, 0.1) is 11.3 Å². The number of esters is 1. The molecule has 1 aliphatic rings. The molecule has 152 valence electrons. The Labute approximate surface area is 165 Å². The van der Waals surface area contributed by atoms with Crippen LogP contribution in [0.5, 0.6) is 5.75 Å². The van der Waals surface area contributed by atoms with Gasteiger partial charge in [0.05, 0.1) is 6.42 Å². The molecule has 0 bridgehead atoms. The van der Waals surface area contributed by atoms with Crippen LogP contribution >= 0.6 is 0 Å².